The maximum atomic E-state index is 12.9. The van der Waals surface area contributed by atoms with E-state index in [4.69, 9.17) is 0 Å². The van der Waals surface area contributed by atoms with Crippen LogP contribution < -0.4 is 4.90 Å². The maximum Gasteiger partial charge on any atom is 0.238 e. The molecule has 0 radical (unpaired) electrons. The monoisotopic (exact) mass is 309 g/mol. The van der Waals surface area contributed by atoms with Crippen molar-refractivity contribution >= 4 is 17.4 Å². The summed E-state index contributed by atoms with van der Waals surface area (Å²) < 4.78 is 0. The van der Waals surface area contributed by atoms with E-state index in [1.54, 1.807) is 17.9 Å². The standard InChI is InChI=1S/C19H19NO3/c1-11(12(2)21)13-3-6-15(7-4-13)20-10-14-5-8-17(22)16-9-19(14,16)18(20)23/h3-8,11,16,22H,9-10H2,1-2H3. The summed E-state index contributed by atoms with van der Waals surface area (Å²) in [5.74, 6) is 0.385. The summed E-state index contributed by atoms with van der Waals surface area (Å²) >= 11 is 0. The van der Waals surface area contributed by atoms with Gasteiger partial charge in [-0.05, 0) is 42.7 Å². The molecular formula is C19H19NO3. The minimum Gasteiger partial charge on any atom is -0.512 e. The molecule has 1 saturated carbocycles. The average molecular weight is 309 g/mol. The summed E-state index contributed by atoms with van der Waals surface area (Å²) in [4.78, 5) is 26.1. The van der Waals surface area contributed by atoms with E-state index in [-0.39, 0.29) is 23.5 Å². The zero-order valence-electron chi connectivity index (χ0n) is 13.2. The number of nitrogens with zero attached hydrogens (tertiary/aromatic N) is 1. The Morgan fingerprint density at radius 1 is 1.30 bits per heavy atom. The first kappa shape index (κ1) is 14.2. The Balaban J connectivity index is 1.62. The van der Waals surface area contributed by atoms with Gasteiger partial charge in [-0.3, -0.25) is 9.59 Å². The minimum absolute atomic E-state index is 0.0305. The van der Waals surface area contributed by atoms with E-state index in [1.807, 2.05) is 37.3 Å². The number of aliphatic hydroxyl groups is 1. The number of ketones is 1. The number of carbonyl (C=O) groups excluding carboxylic acids is 2. The Hall–Kier alpha value is -2.36. The smallest absolute Gasteiger partial charge is 0.238 e. The summed E-state index contributed by atoms with van der Waals surface area (Å²) in [5.41, 5.74) is 2.44. The van der Waals surface area contributed by atoms with Gasteiger partial charge in [0.05, 0.1) is 11.2 Å². The number of allylic oxidation sites excluding steroid dienone is 3. The second kappa shape index (κ2) is 4.57. The van der Waals surface area contributed by atoms with E-state index in [2.05, 4.69) is 0 Å². The fourth-order valence-electron chi connectivity index (χ4n) is 3.86. The van der Waals surface area contributed by atoms with Gasteiger partial charge in [0.1, 0.15) is 5.78 Å². The van der Waals surface area contributed by atoms with Gasteiger partial charge in [0.15, 0.2) is 0 Å². The number of hydrogen-bond acceptors (Lipinski definition) is 3. The Bertz CT molecular complexity index is 774. The van der Waals surface area contributed by atoms with E-state index in [9.17, 15) is 14.7 Å². The van der Waals surface area contributed by atoms with Crippen molar-refractivity contribution in [3.8, 4) is 0 Å². The third kappa shape index (κ3) is 1.84. The lowest BCUT2D eigenvalue weighted by atomic mass is 9.91. The lowest BCUT2D eigenvalue weighted by Gasteiger charge is -2.18. The van der Waals surface area contributed by atoms with Crippen molar-refractivity contribution in [1.82, 2.24) is 0 Å². The molecule has 4 heteroatoms. The molecule has 0 aromatic heterocycles. The van der Waals surface area contributed by atoms with Crippen LogP contribution in [-0.4, -0.2) is 23.3 Å². The number of rotatable bonds is 3. The lowest BCUT2D eigenvalue weighted by molar-refractivity contribution is -0.121. The molecule has 1 N–H and O–H groups in total. The molecule has 23 heavy (non-hydrogen) atoms. The lowest BCUT2D eigenvalue weighted by Crippen LogP contribution is -2.28. The van der Waals surface area contributed by atoms with E-state index in [0.29, 0.717) is 12.3 Å². The van der Waals surface area contributed by atoms with Gasteiger partial charge < -0.3 is 10.0 Å². The van der Waals surface area contributed by atoms with Gasteiger partial charge in [0, 0.05) is 24.1 Å². The van der Waals surface area contributed by atoms with Gasteiger partial charge in [-0.25, -0.2) is 0 Å². The highest BCUT2D eigenvalue weighted by molar-refractivity contribution is 6.06. The fourth-order valence-corrected chi connectivity index (χ4v) is 3.86. The highest BCUT2D eigenvalue weighted by Crippen LogP contribution is 2.66. The molecule has 1 aromatic rings. The zero-order valence-corrected chi connectivity index (χ0v) is 13.2. The molecule has 2 fully saturated rings. The molecule has 0 bridgehead atoms. The number of carbonyl (C=O) groups is 2. The van der Waals surface area contributed by atoms with Crippen molar-refractivity contribution in [3.63, 3.8) is 0 Å². The van der Waals surface area contributed by atoms with Crippen molar-refractivity contribution in [2.24, 2.45) is 11.3 Å². The minimum atomic E-state index is -0.482. The van der Waals surface area contributed by atoms with E-state index < -0.39 is 5.41 Å². The van der Waals surface area contributed by atoms with Gasteiger partial charge in [0.2, 0.25) is 5.91 Å². The molecule has 1 saturated heterocycles. The molecule has 1 spiro atoms. The predicted molar refractivity (Wildman–Crippen MR) is 87.2 cm³/mol. The Morgan fingerprint density at radius 3 is 2.65 bits per heavy atom. The number of hydrogen-bond donors (Lipinski definition) is 1. The number of aliphatic hydroxyl groups excluding tert-OH is 1. The van der Waals surface area contributed by atoms with Crippen LogP contribution in [0.1, 0.15) is 31.7 Å². The molecule has 4 nitrogen and oxygen atoms in total. The quantitative estimate of drug-likeness (QED) is 0.933. The highest BCUT2D eigenvalue weighted by atomic mass is 16.3. The molecule has 3 unspecified atom stereocenters. The van der Waals surface area contributed by atoms with E-state index in [0.717, 1.165) is 23.2 Å². The molecule has 4 rings (SSSR count). The van der Waals surface area contributed by atoms with Crippen molar-refractivity contribution in [2.75, 3.05) is 11.4 Å². The van der Waals surface area contributed by atoms with Gasteiger partial charge in [0.25, 0.3) is 0 Å². The van der Waals surface area contributed by atoms with Crippen molar-refractivity contribution in [1.29, 1.82) is 0 Å². The van der Waals surface area contributed by atoms with Crippen LogP contribution in [0.4, 0.5) is 5.69 Å². The van der Waals surface area contributed by atoms with Crippen LogP contribution in [0.5, 0.6) is 0 Å². The first-order valence-electron chi connectivity index (χ1n) is 7.97. The van der Waals surface area contributed by atoms with Crippen LogP contribution in [0, 0.1) is 11.3 Å². The number of Topliss-reactive ketones (excluding diaryl/α,β-unsaturated/α-hetero) is 1. The normalized spacial score (nSPS) is 29.4. The topological polar surface area (TPSA) is 57.6 Å². The van der Waals surface area contributed by atoms with Crippen molar-refractivity contribution < 1.29 is 14.7 Å². The number of anilines is 1. The fraction of sp³-hybridized carbons (Fsp3) is 0.368. The Morgan fingerprint density at radius 2 is 2.00 bits per heavy atom. The van der Waals surface area contributed by atoms with Crippen molar-refractivity contribution in [3.05, 3.63) is 53.3 Å². The van der Waals surface area contributed by atoms with Gasteiger partial charge in [-0.15, -0.1) is 0 Å². The van der Waals surface area contributed by atoms with E-state index in [1.165, 1.54) is 0 Å². The van der Waals surface area contributed by atoms with Gasteiger partial charge in [-0.2, -0.15) is 0 Å². The van der Waals surface area contributed by atoms with Gasteiger partial charge in [-0.1, -0.05) is 25.1 Å². The first-order valence-corrected chi connectivity index (χ1v) is 7.97. The van der Waals surface area contributed by atoms with Crippen LogP contribution in [-0.2, 0) is 9.59 Å². The van der Waals surface area contributed by atoms with Gasteiger partial charge >= 0.3 is 0 Å². The Kier molecular flexibility index (Phi) is 2.83. The molecule has 1 aliphatic heterocycles. The SMILES string of the molecule is CC(=O)C(C)c1ccc(N2CC3=CC=C(O)C4CC34C2=O)cc1. The zero-order chi connectivity index (χ0) is 16.4. The molecule has 1 aromatic carbocycles. The number of benzene rings is 1. The van der Waals surface area contributed by atoms with Crippen LogP contribution in [0.25, 0.3) is 0 Å². The third-order valence-electron chi connectivity index (χ3n) is 5.62. The van der Waals surface area contributed by atoms with Crippen LogP contribution >= 0.6 is 0 Å². The molecule has 1 heterocycles. The van der Waals surface area contributed by atoms with E-state index >= 15 is 0 Å². The molecule has 3 atom stereocenters. The molecular weight excluding hydrogens is 290 g/mol. The summed E-state index contributed by atoms with van der Waals surface area (Å²) in [6.07, 6.45) is 4.33. The van der Waals surface area contributed by atoms with Crippen molar-refractivity contribution in [2.45, 2.75) is 26.2 Å². The predicted octanol–water partition coefficient (Wildman–Crippen LogP) is 3.11. The molecule has 118 valence electrons. The molecule has 2 aliphatic carbocycles. The summed E-state index contributed by atoms with van der Waals surface area (Å²) in [5, 5.41) is 9.90. The third-order valence-corrected chi connectivity index (χ3v) is 5.62. The summed E-state index contributed by atoms with van der Waals surface area (Å²) in [6.45, 7) is 4.06. The second-order valence-corrected chi connectivity index (χ2v) is 6.83. The second-order valence-electron chi connectivity index (χ2n) is 6.83. The Labute approximate surface area is 135 Å². The maximum absolute atomic E-state index is 12.9. The summed E-state index contributed by atoms with van der Waals surface area (Å²) in [6, 6.07) is 7.66. The first-order chi connectivity index (χ1) is 10.9. The largest absolute Gasteiger partial charge is 0.512 e. The van der Waals surface area contributed by atoms with Crippen LogP contribution in [0.3, 0.4) is 0 Å². The summed E-state index contributed by atoms with van der Waals surface area (Å²) in [7, 11) is 0. The average Bonchev–Trinajstić information content (AvgIpc) is 3.25. The molecule has 1 amide bonds. The number of amides is 1. The highest BCUT2D eigenvalue weighted by Gasteiger charge is 2.69. The van der Waals surface area contributed by atoms with Crippen LogP contribution in [0.15, 0.2) is 47.7 Å². The molecule has 3 aliphatic rings. The van der Waals surface area contributed by atoms with Crippen LogP contribution in [0.2, 0.25) is 0 Å².